The molecule has 3 nitrogen and oxygen atoms in total. The van der Waals surface area contributed by atoms with Crippen molar-refractivity contribution in [1.29, 1.82) is 0 Å². The molecule has 10 rings (SSSR count). The van der Waals surface area contributed by atoms with E-state index in [0.717, 1.165) is 35.2 Å². The second-order valence-corrected chi connectivity index (χ2v) is 24.0. The van der Waals surface area contributed by atoms with E-state index in [1.165, 1.54) is 89.4 Å². The van der Waals surface area contributed by atoms with E-state index in [0.29, 0.717) is 0 Å². The van der Waals surface area contributed by atoms with Gasteiger partial charge < -0.3 is 14.2 Å². The van der Waals surface area contributed by atoms with Crippen molar-refractivity contribution in [3.8, 4) is 11.1 Å². The minimum atomic E-state index is -0.118. The third-order valence-electron chi connectivity index (χ3n) is 15.1. The largest absolute Gasteiger partial charge is 0.468 e. The third kappa shape index (κ3) is 6.68. The molecule has 0 atom stereocenters. The zero-order valence-corrected chi connectivity index (χ0v) is 41.2. The summed E-state index contributed by atoms with van der Waals surface area (Å²) in [6.45, 7) is 34.9. The molecular formula is C60H67BN2O. The molecule has 7 aromatic rings. The van der Waals surface area contributed by atoms with Gasteiger partial charge in [-0.15, -0.1) is 0 Å². The topological polar surface area (TPSA) is 19.6 Å². The van der Waals surface area contributed by atoms with E-state index in [4.69, 9.17) is 4.42 Å². The summed E-state index contributed by atoms with van der Waals surface area (Å²) in [4.78, 5) is 5.18. The van der Waals surface area contributed by atoms with Crippen molar-refractivity contribution in [2.45, 2.75) is 144 Å². The van der Waals surface area contributed by atoms with Crippen LogP contribution in [0.5, 0.6) is 0 Å². The molecule has 0 unspecified atom stereocenters. The second kappa shape index (κ2) is 14.0. The van der Waals surface area contributed by atoms with Gasteiger partial charge >= 0.3 is 0 Å². The summed E-state index contributed by atoms with van der Waals surface area (Å²) in [5.74, 6) is 0. The average molecular weight is 843 g/mol. The fourth-order valence-corrected chi connectivity index (χ4v) is 11.0. The van der Waals surface area contributed by atoms with Crippen LogP contribution in [0.1, 0.15) is 142 Å². The minimum absolute atomic E-state index is 0.0352. The van der Waals surface area contributed by atoms with Crippen LogP contribution in [0.25, 0.3) is 22.1 Å². The second-order valence-electron chi connectivity index (χ2n) is 24.0. The minimum Gasteiger partial charge on any atom is -0.468 e. The number of benzene rings is 6. The maximum absolute atomic E-state index is 7.45. The van der Waals surface area contributed by atoms with E-state index in [2.05, 4.69) is 223 Å². The van der Waals surface area contributed by atoms with Gasteiger partial charge in [-0.2, -0.15) is 0 Å². The van der Waals surface area contributed by atoms with Crippen LogP contribution >= 0.6 is 0 Å². The summed E-state index contributed by atoms with van der Waals surface area (Å²) >= 11 is 0. The van der Waals surface area contributed by atoms with Crippen molar-refractivity contribution < 1.29 is 4.42 Å². The fraction of sp³-hybridized carbons (Fsp3) is 0.367. The molecule has 64 heavy (non-hydrogen) atoms. The van der Waals surface area contributed by atoms with E-state index < -0.39 is 0 Å². The van der Waals surface area contributed by atoms with E-state index >= 15 is 0 Å². The third-order valence-corrected chi connectivity index (χ3v) is 15.1. The molecule has 3 heterocycles. The van der Waals surface area contributed by atoms with E-state index in [1.807, 2.05) is 0 Å². The number of nitrogens with zero attached hydrogens (tertiary/aromatic N) is 2. The van der Waals surface area contributed by atoms with Gasteiger partial charge in [-0.3, -0.25) is 0 Å². The normalized spacial score (nSPS) is 16.4. The Morgan fingerprint density at radius 1 is 0.516 bits per heavy atom. The summed E-state index contributed by atoms with van der Waals surface area (Å²) in [6.07, 6.45) is 2.31. The van der Waals surface area contributed by atoms with Crippen molar-refractivity contribution >= 4 is 68.4 Å². The Hall–Kier alpha value is -5.48. The number of anilines is 6. The Bertz CT molecular complexity index is 3010. The summed E-state index contributed by atoms with van der Waals surface area (Å²) in [5, 5.41) is 1.16. The highest BCUT2D eigenvalue weighted by atomic mass is 16.3. The van der Waals surface area contributed by atoms with Crippen LogP contribution in [-0.4, -0.2) is 6.71 Å². The first-order valence-electron chi connectivity index (χ1n) is 23.8. The molecule has 0 bridgehead atoms. The van der Waals surface area contributed by atoms with E-state index in [9.17, 15) is 0 Å². The van der Waals surface area contributed by atoms with Crippen LogP contribution in [0.4, 0.5) is 34.1 Å². The Morgan fingerprint density at radius 3 is 1.64 bits per heavy atom. The van der Waals surface area contributed by atoms with Gasteiger partial charge in [0.1, 0.15) is 5.58 Å². The van der Waals surface area contributed by atoms with Crippen molar-refractivity contribution in [1.82, 2.24) is 0 Å². The average Bonchev–Trinajstić information content (AvgIpc) is 3.60. The van der Waals surface area contributed by atoms with Crippen molar-refractivity contribution in [2.75, 3.05) is 9.80 Å². The summed E-state index contributed by atoms with van der Waals surface area (Å²) in [6, 6.07) is 42.7. The lowest BCUT2D eigenvalue weighted by Gasteiger charge is -2.46. The van der Waals surface area contributed by atoms with Crippen LogP contribution in [0.3, 0.4) is 0 Å². The van der Waals surface area contributed by atoms with E-state index in [1.54, 1.807) is 0 Å². The SMILES string of the molecule is Cc1ccc(-c2ccc(C(C)(C)C)cc2)c(N2c3cc(C)cc4c3B(c3cc5c(cc3N4c3ccc(C(C)(C)C)cc3)C(C)(C)CCC5(C)C)c3oc4ccc(C(C)(C)C)cc4c32)c1. The molecule has 1 aliphatic carbocycles. The molecule has 0 saturated heterocycles. The Kier molecular flexibility index (Phi) is 9.30. The molecule has 3 aliphatic rings. The van der Waals surface area contributed by atoms with Crippen molar-refractivity contribution in [3.63, 3.8) is 0 Å². The smallest absolute Gasteiger partial charge is 0.297 e. The van der Waals surface area contributed by atoms with Gasteiger partial charge in [0.15, 0.2) is 0 Å². The standard InChI is InChI=1S/C60H67BN2O/c1-36-16-26-43(38-17-19-39(20-18-38)56(3,4)5)48(30-36)63-51-32-37(2)31-50-53(51)61(55-54(63)44-33-41(58(9,10)11)23-27-52(44)64-55)47-34-45-46(60(14,15)29-28-59(45,12)13)35-49(47)62(50)42-24-21-40(22-25-42)57(6,7)8/h16-27,30-35H,28-29H2,1-15H3. The highest BCUT2D eigenvalue weighted by molar-refractivity contribution is 7.00. The predicted molar refractivity (Wildman–Crippen MR) is 277 cm³/mol. The summed E-state index contributed by atoms with van der Waals surface area (Å²) in [7, 11) is 0. The maximum atomic E-state index is 7.45. The highest BCUT2D eigenvalue weighted by Gasteiger charge is 2.49. The summed E-state index contributed by atoms with van der Waals surface area (Å²) < 4.78 is 7.45. The predicted octanol–water partition coefficient (Wildman–Crippen LogP) is 15.0. The lowest BCUT2D eigenvalue weighted by atomic mass is 9.35. The van der Waals surface area contributed by atoms with Gasteiger partial charge in [-0.05, 0) is 158 Å². The molecule has 2 aliphatic heterocycles. The number of aryl methyl sites for hydroxylation is 2. The fourth-order valence-electron chi connectivity index (χ4n) is 11.0. The number of hydrogen-bond donors (Lipinski definition) is 0. The van der Waals surface area contributed by atoms with Gasteiger partial charge in [0.25, 0.3) is 6.71 Å². The zero-order chi connectivity index (χ0) is 45.6. The molecule has 0 N–H and O–H groups in total. The molecule has 4 heteroatoms. The monoisotopic (exact) mass is 843 g/mol. The molecule has 0 fully saturated rings. The lowest BCUT2D eigenvalue weighted by Crippen LogP contribution is -2.61. The van der Waals surface area contributed by atoms with Gasteiger partial charge in [0.2, 0.25) is 0 Å². The molecule has 0 spiro atoms. The first-order valence-corrected chi connectivity index (χ1v) is 23.8. The molecule has 1 aromatic heterocycles. The van der Waals surface area contributed by atoms with Gasteiger partial charge in [-0.25, -0.2) is 0 Å². The van der Waals surface area contributed by atoms with Gasteiger partial charge in [0, 0.05) is 33.7 Å². The van der Waals surface area contributed by atoms with E-state index in [-0.39, 0.29) is 33.8 Å². The highest BCUT2D eigenvalue weighted by Crippen LogP contribution is 2.53. The first-order chi connectivity index (χ1) is 29.9. The zero-order valence-electron chi connectivity index (χ0n) is 41.2. The molecule has 0 amide bonds. The Labute approximate surface area is 384 Å². The quantitative estimate of drug-likeness (QED) is 0.165. The lowest BCUT2D eigenvalue weighted by molar-refractivity contribution is 0.332. The number of furan rings is 1. The van der Waals surface area contributed by atoms with Crippen LogP contribution in [0.15, 0.2) is 114 Å². The molecule has 0 saturated carbocycles. The number of hydrogen-bond acceptors (Lipinski definition) is 3. The number of fused-ring (bicyclic) bond motifs is 7. The Balaban J connectivity index is 1.33. The van der Waals surface area contributed by atoms with Crippen molar-refractivity contribution in [3.05, 3.63) is 148 Å². The van der Waals surface area contributed by atoms with Crippen LogP contribution in [-0.2, 0) is 27.1 Å². The van der Waals surface area contributed by atoms with Gasteiger partial charge in [-0.1, -0.05) is 151 Å². The van der Waals surface area contributed by atoms with Crippen LogP contribution in [0.2, 0.25) is 0 Å². The molecule has 6 aromatic carbocycles. The first kappa shape index (κ1) is 42.5. The molecule has 326 valence electrons. The molecular weight excluding hydrogens is 775 g/mol. The van der Waals surface area contributed by atoms with Crippen molar-refractivity contribution in [2.24, 2.45) is 0 Å². The summed E-state index contributed by atoms with van der Waals surface area (Å²) in [5.41, 5.74) is 23.7. The maximum Gasteiger partial charge on any atom is 0.297 e. The van der Waals surface area contributed by atoms with Gasteiger partial charge in [0.05, 0.1) is 17.0 Å². The number of rotatable bonds is 3. The Morgan fingerprint density at radius 2 is 1.05 bits per heavy atom. The van der Waals surface area contributed by atoms with Crippen LogP contribution in [0, 0.1) is 13.8 Å². The van der Waals surface area contributed by atoms with Crippen LogP contribution < -0.4 is 26.4 Å². The molecule has 0 radical (unpaired) electrons.